The van der Waals surface area contributed by atoms with Crippen LogP contribution in [0.2, 0.25) is 0 Å². The highest BCUT2D eigenvalue weighted by Crippen LogP contribution is 2.23. The Morgan fingerprint density at radius 3 is 2.86 bits per heavy atom. The van der Waals surface area contributed by atoms with Crippen LogP contribution in [0.3, 0.4) is 0 Å². The van der Waals surface area contributed by atoms with Gasteiger partial charge in [-0.2, -0.15) is 0 Å². The molecule has 0 bridgehead atoms. The number of hydrogen-bond acceptors (Lipinski definition) is 4. The topological polar surface area (TPSA) is 59.7 Å². The predicted molar refractivity (Wildman–Crippen MR) is 86.1 cm³/mol. The molecule has 3 rings (SSSR count). The molecule has 22 heavy (non-hydrogen) atoms. The molecule has 1 amide bonds. The number of aromatic nitrogens is 3. The van der Waals surface area contributed by atoms with Gasteiger partial charge in [-0.25, -0.2) is 9.97 Å². The number of fused-ring (bicyclic) bond motifs is 1. The predicted octanol–water partition coefficient (Wildman–Crippen LogP) is 2.62. The van der Waals surface area contributed by atoms with E-state index in [4.69, 9.17) is 4.74 Å². The Hall–Kier alpha value is -1.63. The molecular weight excluding hydrogens is 348 g/mol. The Labute approximate surface area is 137 Å². The Kier molecular flexibility index (Phi) is 4.33. The first kappa shape index (κ1) is 15.3. The fourth-order valence-electron chi connectivity index (χ4n) is 2.53. The van der Waals surface area contributed by atoms with Crippen molar-refractivity contribution in [2.24, 2.45) is 0 Å². The lowest BCUT2D eigenvalue weighted by atomic mass is 10.2. The van der Waals surface area contributed by atoms with Crippen molar-refractivity contribution in [2.45, 2.75) is 32.6 Å². The summed E-state index contributed by atoms with van der Waals surface area (Å²) in [6, 6.07) is 0. The zero-order chi connectivity index (χ0) is 15.7. The molecule has 0 atom stereocenters. The third-order valence-electron chi connectivity index (χ3n) is 3.76. The van der Waals surface area contributed by atoms with Crippen molar-refractivity contribution in [3.05, 3.63) is 22.7 Å². The number of ether oxygens (including phenoxy) is 1. The van der Waals surface area contributed by atoms with Crippen LogP contribution in [0, 0.1) is 0 Å². The molecule has 118 valence electrons. The molecule has 0 unspecified atom stereocenters. The van der Waals surface area contributed by atoms with Crippen LogP contribution in [0.15, 0.2) is 17.0 Å². The van der Waals surface area contributed by atoms with Gasteiger partial charge in [-0.3, -0.25) is 9.20 Å². The lowest BCUT2D eigenvalue weighted by molar-refractivity contribution is -0.128. The minimum atomic E-state index is 0.207. The number of carbonyl (C=O) groups is 1. The van der Waals surface area contributed by atoms with Crippen molar-refractivity contribution >= 4 is 27.5 Å². The molecule has 0 saturated carbocycles. The molecule has 0 N–H and O–H groups in total. The summed E-state index contributed by atoms with van der Waals surface area (Å²) in [5.41, 5.74) is 1.71. The van der Waals surface area contributed by atoms with E-state index in [1.165, 1.54) is 0 Å². The fourth-order valence-corrected chi connectivity index (χ4v) is 2.91. The van der Waals surface area contributed by atoms with Gasteiger partial charge in [-0.05, 0) is 28.3 Å². The number of rotatable bonds is 5. The average Bonchev–Trinajstić information content (AvgIpc) is 3.05. The van der Waals surface area contributed by atoms with Gasteiger partial charge in [0, 0.05) is 25.4 Å². The second-order valence-electron chi connectivity index (χ2n) is 5.75. The largest absolute Gasteiger partial charge is 0.473 e. The SMILES string of the molecule is CC(C)c1cn2cc(Br)nc(OCCN3CCCC3=O)c2n1. The number of halogens is 1. The number of carbonyl (C=O) groups excluding carboxylic acids is 1. The zero-order valence-electron chi connectivity index (χ0n) is 12.8. The van der Waals surface area contributed by atoms with Crippen LogP contribution >= 0.6 is 15.9 Å². The van der Waals surface area contributed by atoms with E-state index in [1.54, 1.807) is 0 Å². The lowest BCUT2D eigenvalue weighted by Gasteiger charge is -2.15. The maximum atomic E-state index is 11.6. The number of likely N-dealkylation sites (tertiary alicyclic amines) is 1. The van der Waals surface area contributed by atoms with Crippen LogP contribution in [0.4, 0.5) is 0 Å². The highest BCUT2D eigenvalue weighted by atomic mass is 79.9. The lowest BCUT2D eigenvalue weighted by Crippen LogP contribution is -2.29. The second kappa shape index (κ2) is 6.24. The van der Waals surface area contributed by atoms with Gasteiger partial charge in [0.05, 0.1) is 12.2 Å². The molecule has 1 aliphatic rings. The molecule has 2 aromatic rings. The highest BCUT2D eigenvalue weighted by molar-refractivity contribution is 9.10. The maximum absolute atomic E-state index is 11.6. The third kappa shape index (κ3) is 3.09. The summed E-state index contributed by atoms with van der Waals surface area (Å²) in [6.07, 6.45) is 5.45. The van der Waals surface area contributed by atoms with E-state index in [1.807, 2.05) is 21.7 Å². The van der Waals surface area contributed by atoms with Crippen LogP contribution < -0.4 is 4.74 Å². The summed E-state index contributed by atoms with van der Waals surface area (Å²) in [7, 11) is 0. The van der Waals surface area contributed by atoms with Crippen LogP contribution in [-0.4, -0.2) is 44.9 Å². The minimum Gasteiger partial charge on any atom is -0.473 e. The van der Waals surface area contributed by atoms with Crippen LogP contribution in [-0.2, 0) is 4.79 Å². The minimum absolute atomic E-state index is 0.207. The Balaban J connectivity index is 1.76. The normalized spacial score (nSPS) is 15.3. The van der Waals surface area contributed by atoms with E-state index in [0.29, 0.717) is 41.6 Å². The van der Waals surface area contributed by atoms with Crippen LogP contribution in [0.25, 0.3) is 5.65 Å². The summed E-state index contributed by atoms with van der Waals surface area (Å²) >= 11 is 3.39. The van der Waals surface area contributed by atoms with Crippen molar-refractivity contribution in [2.75, 3.05) is 19.7 Å². The van der Waals surface area contributed by atoms with Crippen molar-refractivity contribution < 1.29 is 9.53 Å². The maximum Gasteiger partial charge on any atom is 0.259 e. The van der Waals surface area contributed by atoms with Crippen molar-refractivity contribution in [3.8, 4) is 5.88 Å². The third-order valence-corrected chi connectivity index (χ3v) is 4.14. The van der Waals surface area contributed by atoms with E-state index in [9.17, 15) is 4.79 Å². The van der Waals surface area contributed by atoms with Gasteiger partial charge in [0.15, 0.2) is 0 Å². The summed E-state index contributed by atoms with van der Waals surface area (Å²) in [4.78, 5) is 22.4. The smallest absolute Gasteiger partial charge is 0.259 e. The molecule has 0 spiro atoms. The van der Waals surface area contributed by atoms with Gasteiger partial charge >= 0.3 is 0 Å². The Bertz CT molecular complexity index is 698. The van der Waals surface area contributed by atoms with Crippen LogP contribution in [0.5, 0.6) is 5.88 Å². The molecular formula is C15H19BrN4O2. The summed E-state index contributed by atoms with van der Waals surface area (Å²) in [5.74, 6) is 1.04. The molecule has 0 aliphatic carbocycles. The number of amides is 1. The van der Waals surface area contributed by atoms with Crippen molar-refractivity contribution in [1.82, 2.24) is 19.3 Å². The standard InChI is InChI=1S/C15H19BrN4O2/c1-10(2)11-8-20-9-12(16)18-15(14(20)17-11)22-7-6-19-5-3-4-13(19)21/h8-10H,3-7H2,1-2H3. The van der Waals surface area contributed by atoms with E-state index in [-0.39, 0.29) is 5.91 Å². The summed E-state index contributed by atoms with van der Waals surface area (Å²) in [5, 5.41) is 0. The Morgan fingerprint density at radius 1 is 1.36 bits per heavy atom. The van der Waals surface area contributed by atoms with Gasteiger partial charge in [-0.15, -0.1) is 0 Å². The molecule has 3 heterocycles. The number of imidazole rings is 1. The Morgan fingerprint density at radius 2 is 2.18 bits per heavy atom. The zero-order valence-corrected chi connectivity index (χ0v) is 14.3. The molecule has 6 nitrogen and oxygen atoms in total. The van der Waals surface area contributed by atoms with E-state index < -0.39 is 0 Å². The number of nitrogens with zero attached hydrogens (tertiary/aromatic N) is 4. The van der Waals surface area contributed by atoms with Gasteiger partial charge in [0.2, 0.25) is 11.6 Å². The monoisotopic (exact) mass is 366 g/mol. The molecule has 7 heteroatoms. The molecule has 1 aliphatic heterocycles. The first-order chi connectivity index (χ1) is 10.5. The van der Waals surface area contributed by atoms with Crippen molar-refractivity contribution in [1.29, 1.82) is 0 Å². The molecule has 1 fully saturated rings. The summed E-state index contributed by atoms with van der Waals surface area (Å²) < 4.78 is 8.40. The molecule has 1 saturated heterocycles. The molecule has 0 radical (unpaired) electrons. The average molecular weight is 367 g/mol. The first-order valence-corrected chi connectivity index (χ1v) is 8.29. The first-order valence-electron chi connectivity index (χ1n) is 7.50. The van der Waals surface area contributed by atoms with Crippen molar-refractivity contribution in [3.63, 3.8) is 0 Å². The highest BCUT2D eigenvalue weighted by Gasteiger charge is 2.20. The van der Waals surface area contributed by atoms with E-state index in [2.05, 4.69) is 39.7 Å². The fraction of sp³-hybridized carbons (Fsp3) is 0.533. The van der Waals surface area contributed by atoms with E-state index in [0.717, 1.165) is 18.7 Å². The summed E-state index contributed by atoms with van der Waals surface area (Å²) in [6.45, 7) is 6.05. The van der Waals surface area contributed by atoms with Gasteiger partial charge < -0.3 is 9.64 Å². The quantitative estimate of drug-likeness (QED) is 0.815. The molecule has 2 aromatic heterocycles. The van der Waals surface area contributed by atoms with E-state index >= 15 is 0 Å². The number of hydrogen-bond donors (Lipinski definition) is 0. The van der Waals surface area contributed by atoms with Crippen LogP contribution in [0.1, 0.15) is 38.3 Å². The second-order valence-corrected chi connectivity index (χ2v) is 6.57. The van der Waals surface area contributed by atoms with Gasteiger partial charge in [0.1, 0.15) is 11.2 Å². The molecule has 0 aromatic carbocycles. The van der Waals surface area contributed by atoms with Gasteiger partial charge in [-0.1, -0.05) is 13.8 Å². The van der Waals surface area contributed by atoms with Gasteiger partial charge in [0.25, 0.3) is 5.88 Å².